The van der Waals surface area contributed by atoms with Gasteiger partial charge >= 0.3 is 0 Å². The summed E-state index contributed by atoms with van der Waals surface area (Å²) in [5.74, 6) is 0.620. The fraction of sp³-hybridized carbons (Fsp3) is 0.500. The third kappa shape index (κ3) is 3.22. The van der Waals surface area contributed by atoms with E-state index in [0.717, 1.165) is 22.5 Å². The molecular formula is C14H22N2O. The van der Waals surface area contributed by atoms with Gasteiger partial charge in [0.25, 0.3) is 0 Å². The highest BCUT2D eigenvalue weighted by Crippen LogP contribution is 2.34. The summed E-state index contributed by atoms with van der Waals surface area (Å²) in [5.41, 5.74) is 9.81. The van der Waals surface area contributed by atoms with E-state index >= 15 is 0 Å². The van der Waals surface area contributed by atoms with Gasteiger partial charge in [0.1, 0.15) is 0 Å². The second-order valence-electron chi connectivity index (χ2n) is 5.06. The predicted molar refractivity (Wildman–Crippen MR) is 73.3 cm³/mol. The van der Waals surface area contributed by atoms with E-state index in [0.29, 0.717) is 11.8 Å². The van der Waals surface area contributed by atoms with Crippen molar-refractivity contribution in [3.8, 4) is 0 Å². The Balaban J connectivity index is 3.41. The van der Waals surface area contributed by atoms with Gasteiger partial charge in [-0.3, -0.25) is 4.79 Å². The van der Waals surface area contributed by atoms with Crippen molar-refractivity contribution < 1.29 is 4.79 Å². The Kier molecular flexibility index (Phi) is 4.16. The van der Waals surface area contributed by atoms with Gasteiger partial charge in [-0.1, -0.05) is 27.7 Å². The van der Waals surface area contributed by atoms with Gasteiger partial charge in [0, 0.05) is 18.3 Å². The van der Waals surface area contributed by atoms with Gasteiger partial charge in [-0.25, -0.2) is 0 Å². The number of hydrogen-bond donors (Lipinski definition) is 2. The van der Waals surface area contributed by atoms with Crippen LogP contribution in [0.4, 0.5) is 11.4 Å². The van der Waals surface area contributed by atoms with Crippen LogP contribution in [0.2, 0.25) is 0 Å². The molecule has 1 aromatic rings. The maximum absolute atomic E-state index is 11.3. The minimum Gasteiger partial charge on any atom is -0.399 e. The summed E-state index contributed by atoms with van der Waals surface area (Å²) in [7, 11) is 0. The number of nitrogens with one attached hydrogen (secondary N) is 1. The van der Waals surface area contributed by atoms with Crippen molar-refractivity contribution in [1.82, 2.24) is 0 Å². The number of nitrogen functional groups attached to an aromatic ring is 1. The van der Waals surface area contributed by atoms with E-state index in [1.165, 1.54) is 6.92 Å². The molecule has 3 N–H and O–H groups in total. The zero-order valence-electron chi connectivity index (χ0n) is 11.3. The smallest absolute Gasteiger partial charge is 0.221 e. The number of carbonyl (C=O) groups is 1. The normalized spacial score (nSPS) is 11.0. The fourth-order valence-corrected chi connectivity index (χ4v) is 1.94. The molecule has 1 amide bonds. The van der Waals surface area contributed by atoms with Crippen LogP contribution in [0.15, 0.2) is 12.1 Å². The maximum atomic E-state index is 11.3. The molecule has 1 aromatic carbocycles. The van der Waals surface area contributed by atoms with Crippen LogP contribution in [0, 0.1) is 0 Å². The van der Waals surface area contributed by atoms with Gasteiger partial charge in [0.05, 0.1) is 0 Å². The molecule has 0 saturated heterocycles. The summed E-state index contributed by atoms with van der Waals surface area (Å²) >= 11 is 0. The molecule has 0 aliphatic heterocycles. The predicted octanol–water partition coefficient (Wildman–Crippen LogP) is 3.47. The van der Waals surface area contributed by atoms with Crippen molar-refractivity contribution in [3.63, 3.8) is 0 Å². The Morgan fingerprint density at radius 3 is 1.82 bits per heavy atom. The number of anilines is 2. The van der Waals surface area contributed by atoms with Gasteiger partial charge in [0.2, 0.25) is 5.91 Å². The highest BCUT2D eigenvalue weighted by molar-refractivity contribution is 5.91. The van der Waals surface area contributed by atoms with Crippen molar-refractivity contribution in [2.75, 3.05) is 11.1 Å². The van der Waals surface area contributed by atoms with Crippen LogP contribution < -0.4 is 11.1 Å². The Hall–Kier alpha value is -1.51. The maximum Gasteiger partial charge on any atom is 0.221 e. The lowest BCUT2D eigenvalue weighted by Gasteiger charge is -2.20. The Bertz CT molecular complexity index is 393. The fourth-order valence-electron chi connectivity index (χ4n) is 1.94. The van der Waals surface area contributed by atoms with E-state index in [4.69, 9.17) is 5.73 Å². The Morgan fingerprint density at radius 2 is 1.53 bits per heavy atom. The van der Waals surface area contributed by atoms with Gasteiger partial charge in [-0.05, 0) is 35.1 Å². The van der Waals surface area contributed by atoms with E-state index in [1.807, 2.05) is 12.1 Å². The monoisotopic (exact) mass is 234 g/mol. The Morgan fingerprint density at radius 1 is 1.12 bits per heavy atom. The average Bonchev–Trinajstić information content (AvgIpc) is 2.18. The Labute approximate surface area is 103 Å². The van der Waals surface area contributed by atoms with E-state index in [-0.39, 0.29) is 5.91 Å². The molecule has 0 spiro atoms. The van der Waals surface area contributed by atoms with Crippen molar-refractivity contribution in [2.24, 2.45) is 0 Å². The second-order valence-corrected chi connectivity index (χ2v) is 5.06. The lowest BCUT2D eigenvalue weighted by molar-refractivity contribution is -0.114. The molecule has 0 bridgehead atoms. The van der Waals surface area contributed by atoms with Crippen LogP contribution in [0.1, 0.15) is 57.6 Å². The van der Waals surface area contributed by atoms with E-state index in [2.05, 4.69) is 33.0 Å². The topological polar surface area (TPSA) is 55.1 Å². The summed E-state index contributed by atoms with van der Waals surface area (Å²) < 4.78 is 0. The molecule has 3 heteroatoms. The molecule has 0 fully saturated rings. The van der Waals surface area contributed by atoms with E-state index in [9.17, 15) is 4.79 Å². The summed E-state index contributed by atoms with van der Waals surface area (Å²) in [5, 5.41) is 2.94. The van der Waals surface area contributed by atoms with Crippen molar-refractivity contribution >= 4 is 17.3 Å². The first-order chi connectivity index (χ1) is 7.82. The molecule has 0 radical (unpaired) electrons. The molecular weight excluding hydrogens is 212 g/mol. The molecule has 0 heterocycles. The van der Waals surface area contributed by atoms with Gasteiger partial charge in [-0.2, -0.15) is 0 Å². The summed E-state index contributed by atoms with van der Waals surface area (Å²) in [6, 6.07) is 3.89. The second kappa shape index (κ2) is 5.21. The summed E-state index contributed by atoms with van der Waals surface area (Å²) in [6.45, 7) is 9.94. The van der Waals surface area contributed by atoms with Crippen LogP contribution in [0.3, 0.4) is 0 Å². The minimum absolute atomic E-state index is 0.0430. The molecule has 0 unspecified atom stereocenters. The molecule has 0 saturated carbocycles. The van der Waals surface area contributed by atoms with Crippen molar-refractivity contribution in [2.45, 2.75) is 46.5 Å². The summed E-state index contributed by atoms with van der Waals surface area (Å²) in [6.07, 6.45) is 0. The standard InChI is InChI=1S/C14H22N2O/c1-8(2)12-6-11(15)7-13(9(3)4)14(12)16-10(5)17/h6-9H,15H2,1-5H3,(H,16,17). The number of amides is 1. The first-order valence-electron chi connectivity index (χ1n) is 6.03. The van der Waals surface area contributed by atoms with Gasteiger partial charge < -0.3 is 11.1 Å². The van der Waals surface area contributed by atoms with E-state index in [1.54, 1.807) is 0 Å². The van der Waals surface area contributed by atoms with Crippen molar-refractivity contribution in [1.29, 1.82) is 0 Å². The van der Waals surface area contributed by atoms with E-state index < -0.39 is 0 Å². The number of hydrogen-bond acceptors (Lipinski definition) is 2. The molecule has 0 aliphatic rings. The van der Waals surface area contributed by atoms with Crippen LogP contribution in [-0.4, -0.2) is 5.91 Å². The molecule has 0 aliphatic carbocycles. The first kappa shape index (κ1) is 13.6. The molecule has 1 rings (SSSR count). The molecule has 0 atom stereocenters. The third-order valence-corrected chi connectivity index (χ3v) is 2.77. The molecule has 94 valence electrons. The number of rotatable bonds is 3. The van der Waals surface area contributed by atoms with Gasteiger partial charge in [-0.15, -0.1) is 0 Å². The minimum atomic E-state index is -0.0430. The number of nitrogens with two attached hydrogens (primary N) is 1. The highest BCUT2D eigenvalue weighted by Gasteiger charge is 2.15. The lowest BCUT2D eigenvalue weighted by atomic mass is 9.92. The molecule has 0 aromatic heterocycles. The first-order valence-corrected chi connectivity index (χ1v) is 6.03. The third-order valence-electron chi connectivity index (χ3n) is 2.77. The van der Waals surface area contributed by atoms with Crippen LogP contribution in [0.25, 0.3) is 0 Å². The number of benzene rings is 1. The lowest BCUT2D eigenvalue weighted by Crippen LogP contribution is -2.12. The van der Waals surface area contributed by atoms with Crippen molar-refractivity contribution in [3.05, 3.63) is 23.3 Å². The summed E-state index contributed by atoms with van der Waals surface area (Å²) in [4.78, 5) is 11.3. The quantitative estimate of drug-likeness (QED) is 0.787. The zero-order chi connectivity index (χ0) is 13.2. The number of carbonyl (C=O) groups excluding carboxylic acids is 1. The highest BCUT2D eigenvalue weighted by atomic mass is 16.1. The zero-order valence-corrected chi connectivity index (χ0v) is 11.3. The SMILES string of the molecule is CC(=O)Nc1c(C(C)C)cc(N)cc1C(C)C. The largest absolute Gasteiger partial charge is 0.399 e. The molecule has 3 nitrogen and oxygen atoms in total. The van der Waals surface area contributed by atoms with Crippen LogP contribution in [0.5, 0.6) is 0 Å². The molecule has 17 heavy (non-hydrogen) atoms. The van der Waals surface area contributed by atoms with Gasteiger partial charge in [0.15, 0.2) is 0 Å². The van der Waals surface area contributed by atoms with Crippen LogP contribution in [-0.2, 0) is 4.79 Å². The van der Waals surface area contributed by atoms with Crippen LogP contribution >= 0.6 is 0 Å². The average molecular weight is 234 g/mol.